The van der Waals surface area contributed by atoms with E-state index in [-0.39, 0.29) is 12.5 Å². The van der Waals surface area contributed by atoms with Crippen LogP contribution in [0.3, 0.4) is 0 Å². The molecule has 0 aliphatic heterocycles. The summed E-state index contributed by atoms with van der Waals surface area (Å²) in [6.45, 7) is 1.06. The van der Waals surface area contributed by atoms with E-state index in [0.29, 0.717) is 0 Å². The van der Waals surface area contributed by atoms with Crippen molar-refractivity contribution in [2.75, 3.05) is 6.61 Å². The monoisotopic (exact) mass is 285 g/mol. The molecule has 5 heteroatoms. The number of carbonyl (C=O) groups is 1. The second-order valence-electron chi connectivity index (χ2n) is 2.30. The van der Waals surface area contributed by atoms with E-state index >= 15 is 0 Å². The molecule has 0 saturated heterocycles. The maximum Gasteiger partial charge on any atom is 0.217 e. The minimum atomic E-state index is -0.837. The Morgan fingerprint density at radius 2 is 2.33 bits per heavy atom. The molecule has 0 saturated carbocycles. The maximum atomic E-state index is 10.6. The maximum absolute atomic E-state index is 10.6. The first-order valence-corrected chi connectivity index (χ1v) is 4.69. The van der Waals surface area contributed by atoms with Crippen LogP contribution in [0.25, 0.3) is 0 Å². The number of hydrogen-bond acceptors (Lipinski definition) is 3. The standard InChI is InChI=1S/C7H12INO3/c1-5(11)9-6(4-10)7(12)2-3-8/h2-3,6-7,10,12H,4H2,1H3,(H,9,11)/b3-2+/t6-,7+/m0/s1. The van der Waals surface area contributed by atoms with E-state index in [0.717, 1.165) is 0 Å². The van der Waals surface area contributed by atoms with Crippen LogP contribution in [-0.2, 0) is 4.79 Å². The molecule has 0 rings (SSSR count). The van der Waals surface area contributed by atoms with Crippen molar-refractivity contribution < 1.29 is 15.0 Å². The van der Waals surface area contributed by atoms with Crippen molar-refractivity contribution in [3.63, 3.8) is 0 Å². The van der Waals surface area contributed by atoms with Crippen LogP contribution in [0.4, 0.5) is 0 Å². The van der Waals surface area contributed by atoms with Crippen LogP contribution in [0, 0.1) is 0 Å². The lowest BCUT2D eigenvalue weighted by Crippen LogP contribution is -2.44. The predicted octanol–water partition coefficient (Wildman–Crippen LogP) is -0.207. The fourth-order valence-electron chi connectivity index (χ4n) is 0.709. The molecule has 0 fully saturated rings. The van der Waals surface area contributed by atoms with Crippen LogP contribution in [0.2, 0.25) is 0 Å². The zero-order valence-corrected chi connectivity index (χ0v) is 8.85. The highest BCUT2D eigenvalue weighted by atomic mass is 127. The van der Waals surface area contributed by atoms with Crippen LogP contribution in [-0.4, -0.2) is 34.9 Å². The number of aliphatic hydroxyl groups is 2. The second kappa shape index (κ2) is 6.38. The van der Waals surface area contributed by atoms with Gasteiger partial charge in [-0.2, -0.15) is 0 Å². The molecule has 0 aromatic heterocycles. The molecule has 0 bridgehead atoms. The number of rotatable bonds is 4. The van der Waals surface area contributed by atoms with E-state index in [1.807, 2.05) is 22.6 Å². The number of aliphatic hydroxyl groups excluding tert-OH is 2. The van der Waals surface area contributed by atoms with E-state index < -0.39 is 12.1 Å². The molecule has 0 heterocycles. The van der Waals surface area contributed by atoms with Crippen LogP contribution in [0.15, 0.2) is 10.2 Å². The summed E-state index contributed by atoms with van der Waals surface area (Å²) in [4.78, 5) is 10.6. The molecule has 3 N–H and O–H groups in total. The molecule has 0 spiro atoms. The molecule has 0 aromatic carbocycles. The van der Waals surface area contributed by atoms with Crippen LogP contribution >= 0.6 is 22.6 Å². The van der Waals surface area contributed by atoms with Crippen molar-refractivity contribution in [1.29, 1.82) is 0 Å². The Hall–Kier alpha value is -0.140. The molecule has 2 atom stereocenters. The van der Waals surface area contributed by atoms with Crippen molar-refractivity contribution in [1.82, 2.24) is 5.32 Å². The summed E-state index contributed by atoms with van der Waals surface area (Å²) >= 11 is 1.95. The van der Waals surface area contributed by atoms with Gasteiger partial charge < -0.3 is 15.5 Å². The quantitative estimate of drug-likeness (QED) is 0.626. The zero-order chi connectivity index (χ0) is 9.56. The number of nitrogens with one attached hydrogen (secondary N) is 1. The predicted molar refractivity (Wildman–Crippen MR) is 53.9 cm³/mol. The third-order valence-corrected chi connectivity index (χ3v) is 1.68. The lowest BCUT2D eigenvalue weighted by atomic mass is 10.2. The third-order valence-electron chi connectivity index (χ3n) is 1.27. The number of carbonyl (C=O) groups excluding carboxylic acids is 1. The molecular formula is C7H12INO3. The Morgan fingerprint density at radius 3 is 2.67 bits per heavy atom. The van der Waals surface area contributed by atoms with Gasteiger partial charge in [-0.1, -0.05) is 22.6 Å². The summed E-state index contributed by atoms with van der Waals surface area (Å²) in [7, 11) is 0. The van der Waals surface area contributed by atoms with Gasteiger partial charge in [-0.05, 0) is 10.2 Å². The van der Waals surface area contributed by atoms with Gasteiger partial charge in [0.15, 0.2) is 0 Å². The summed E-state index contributed by atoms with van der Waals surface area (Å²) in [5.74, 6) is -0.269. The third kappa shape index (κ3) is 4.68. The molecule has 0 unspecified atom stereocenters. The molecule has 12 heavy (non-hydrogen) atoms. The van der Waals surface area contributed by atoms with Gasteiger partial charge in [-0.15, -0.1) is 0 Å². The smallest absolute Gasteiger partial charge is 0.217 e. The molecular weight excluding hydrogens is 273 g/mol. The van der Waals surface area contributed by atoms with Gasteiger partial charge in [0.25, 0.3) is 0 Å². The molecule has 0 radical (unpaired) electrons. The van der Waals surface area contributed by atoms with Crippen LogP contribution in [0.5, 0.6) is 0 Å². The first kappa shape index (κ1) is 11.9. The molecule has 70 valence electrons. The van der Waals surface area contributed by atoms with E-state index in [2.05, 4.69) is 5.32 Å². The number of amides is 1. The van der Waals surface area contributed by atoms with Gasteiger partial charge in [-0.3, -0.25) is 4.79 Å². The van der Waals surface area contributed by atoms with Gasteiger partial charge in [0, 0.05) is 6.92 Å². The minimum Gasteiger partial charge on any atom is -0.394 e. The Kier molecular flexibility index (Phi) is 6.31. The second-order valence-corrected chi connectivity index (χ2v) is 3.02. The highest BCUT2D eigenvalue weighted by Gasteiger charge is 2.15. The van der Waals surface area contributed by atoms with E-state index in [9.17, 15) is 9.90 Å². The Balaban J connectivity index is 4.04. The first-order chi connectivity index (χ1) is 5.61. The summed E-state index contributed by atoms with van der Waals surface area (Å²) in [5.41, 5.74) is 0. The van der Waals surface area contributed by atoms with Crippen molar-refractivity contribution in [2.24, 2.45) is 0 Å². The molecule has 0 aromatic rings. The highest BCUT2D eigenvalue weighted by Crippen LogP contribution is 1.97. The Morgan fingerprint density at radius 1 is 1.75 bits per heavy atom. The Bertz CT molecular complexity index is 172. The molecule has 4 nitrogen and oxygen atoms in total. The summed E-state index contributed by atoms with van der Waals surface area (Å²) in [6, 6.07) is -0.617. The van der Waals surface area contributed by atoms with Gasteiger partial charge in [0.2, 0.25) is 5.91 Å². The van der Waals surface area contributed by atoms with Gasteiger partial charge in [-0.25, -0.2) is 0 Å². The summed E-state index contributed by atoms with van der Waals surface area (Å²) < 4.78 is 1.63. The van der Waals surface area contributed by atoms with Gasteiger partial charge >= 0.3 is 0 Å². The molecule has 0 aliphatic carbocycles. The lowest BCUT2D eigenvalue weighted by Gasteiger charge is -2.18. The topological polar surface area (TPSA) is 69.6 Å². The highest BCUT2D eigenvalue weighted by molar-refractivity contribution is 14.1. The van der Waals surface area contributed by atoms with Gasteiger partial charge in [0.1, 0.15) is 0 Å². The SMILES string of the molecule is CC(=O)N[C@@H](CO)[C@H](O)/C=C/I. The Labute approximate surface area is 84.8 Å². The van der Waals surface area contributed by atoms with Crippen molar-refractivity contribution in [3.05, 3.63) is 10.2 Å². The normalized spacial score (nSPS) is 16.0. The van der Waals surface area contributed by atoms with E-state index in [1.165, 1.54) is 13.0 Å². The number of halogens is 1. The van der Waals surface area contributed by atoms with Gasteiger partial charge in [0.05, 0.1) is 18.8 Å². The van der Waals surface area contributed by atoms with E-state index in [1.54, 1.807) is 4.08 Å². The van der Waals surface area contributed by atoms with Crippen LogP contribution < -0.4 is 5.32 Å². The molecule has 0 aliphatic rings. The van der Waals surface area contributed by atoms with E-state index in [4.69, 9.17) is 5.11 Å². The average Bonchev–Trinajstić information content (AvgIpc) is 2.00. The summed E-state index contributed by atoms with van der Waals surface area (Å²) in [5, 5.41) is 20.5. The van der Waals surface area contributed by atoms with Crippen molar-refractivity contribution >= 4 is 28.5 Å². The van der Waals surface area contributed by atoms with Crippen molar-refractivity contribution in [2.45, 2.75) is 19.1 Å². The summed E-state index contributed by atoms with van der Waals surface area (Å²) in [6.07, 6.45) is 0.660. The fraction of sp³-hybridized carbons (Fsp3) is 0.571. The van der Waals surface area contributed by atoms with Crippen molar-refractivity contribution in [3.8, 4) is 0 Å². The zero-order valence-electron chi connectivity index (χ0n) is 6.70. The number of hydrogen-bond donors (Lipinski definition) is 3. The average molecular weight is 285 g/mol. The first-order valence-electron chi connectivity index (χ1n) is 3.44. The molecule has 1 amide bonds. The largest absolute Gasteiger partial charge is 0.394 e. The fourth-order valence-corrected chi connectivity index (χ4v) is 1.13. The minimum absolute atomic E-state index is 0.269. The lowest BCUT2D eigenvalue weighted by molar-refractivity contribution is -0.120. The van der Waals surface area contributed by atoms with Crippen LogP contribution in [0.1, 0.15) is 6.92 Å².